The molecule has 0 unspecified atom stereocenters. The monoisotopic (exact) mass is 255 g/mol. The molecule has 6 heteroatoms. The number of unbranched alkanes of at least 4 members (excludes halogenated alkanes) is 1. The second kappa shape index (κ2) is 6.24. The van der Waals surface area contributed by atoms with E-state index in [0.717, 1.165) is 12.8 Å². The average molecular weight is 255 g/mol. The van der Waals surface area contributed by atoms with Crippen molar-refractivity contribution in [3.63, 3.8) is 0 Å². The van der Waals surface area contributed by atoms with Crippen molar-refractivity contribution < 1.29 is 8.42 Å². The molecule has 0 spiro atoms. The fraction of sp³-hybridized carbons (Fsp3) is 0.364. The van der Waals surface area contributed by atoms with Crippen LogP contribution in [0.15, 0.2) is 40.2 Å². The lowest BCUT2D eigenvalue weighted by atomic mass is 10.3. The van der Waals surface area contributed by atoms with E-state index in [1.807, 2.05) is 6.92 Å². The number of aliphatic imine (C=N–C) groups is 1. The molecule has 0 bridgehead atoms. The van der Waals surface area contributed by atoms with Crippen LogP contribution in [0.1, 0.15) is 19.8 Å². The number of nitrogens with two attached hydrogens (primary N) is 1. The molecule has 0 aromatic heterocycles. The summed E-state index contributed by atoms with van der Waals surface area (Å²) < 4.78 is 25.8. The van der Waals surface area contributed by atoms with Gasteiger partial charge in [0.05, 0.1) is 4.90 Å². The van der Waals surface area contributed by atoms with Gasteiger partial charge in [0.1, 0.15) is 0 Å². The molecule has 0 aliphatic carbocycles. The largest absolute Gasteiger partial charge is 0.369 e. The van der Waals surface area contributed by atoms with Crippen LogP contribution in [0, 0.1) is 0 Å². The van der Waals surface area contributed by atoms with Crippen LogP contribution in [0.4, 0.5) is 0 Å². The molecule has 0 fully saturated rings. The summed E-state index contributed by atoms with van der Waals surface area (Å²) in [4.78, 5) is 4.10. The minimum atomic E-state index is -3.60. The number of benzene rings is 1. The van der Waals surface area contributed by atoms with Crippen molar-refractivity contribution in [2.45, 2.75) is 24.7 Å². The third-order valence-corrected chi connectivity index (χ3v) is 3.46. The molecule has 0 saturated heterocycles. The zero-order valence-electron chi connectivity index (χ0n) is 9.76. The maximum Gasteiger partial charge on any atom is 0.264 e. The van der Waals surface area contributed by atoms with Crippen LogP contribution in [0.5, 0.6) is 0 Å². The van der Waals surface area contributed by atoms with Crippen molar-refractivity contribution in [3.8, 4) is 0 Å². The Labute approximate surface area is 102 Å². The Morgan fingerprint density at radius 3 is 2.59 bits per heavy atom. The predicted octanol–water partition coefficient (Wildman–Crippen LogP) is 1.08. The second-order valence-electron chi connectivity index (χ2n) is 3.54. The molecule has 0 aliphatic rings. The third-order valence-electron chi connectivity index (χ3n) is 2.09. The fourth-order valence-electron chi connectivity index (χ4n) is 1.19. The van der Waals surface area contributed by atoms with Crippen molar-refractivity contribution in [1.82, 2.24) is 4.72 Å². The Balaban J connectivity index is 2.71. The maximum atomic E-state index is 11.8. The first kappa shape index (κ1) is 13.5. The number of sulfonamides is 1. The van der Waals surface area contributed by atoms with Gasteiger partial charge in [-0.2, -0.15) is 0 Å². The topological polar surface area (TPSA) is 84.5 Å². The van der Waals surface area contributed by atoms with Crippen molar-refractivity contribution in [1.29, 1.82) is 0 Å². The van der Waals surface area contributed by atoms with Gasteiger partial charge in [-0.15, -0.1) is 0 Å². The Morgan fingerprint density at radius 2 is 2.00 bits per heavy atom. The molecule has 1 aromatic carbocycles. The van der Waals surface area contributed by atoms with E-state index in [4.69, 9.17) is 5.73 Å². The summed E-state index contributed by atoms with van der Waals surface area (Å²) in [5.74, 6) is -0.0673. The summed E-state index contributed by atoms with van der Waals surface area (Å²) in [5.41, 5.74) is 5.50. The van der Waals surface area contributed by atoms with Gasteiger partial charge in [-0.1, -0.05) is 31.5 Å². The van der Waals surface area contributed by atoms with E-state index in [1.54, 1.807) is 18.2 Å². The summed E-state index contributed by atoms with van der Waals surface area (Å²) in [6.07, 6.45) is 1.87. The minimum Gasteiger partial charge on any atom is -0.369 e. The fourth-order valence-corrected chi connectivity index (χ4v) is 2.16. The van der Waals surface area contributed by atoms with Gasteiger partial charge in [0.2, 0.25) is 5.96 Å². The van der Waals surface area contributed by atoms with Gasteiger partial charge >= 0.3 is 0 Å². The standard InChI is InChI=1S/C11H17N3O2S/c1-2-3-9-13-11(12)14-17(15,16)10-7-5-4-6-8-10/h4-8H,2-3,9H2,1H3,(H3,12,13,14). The van der Waals surface area contributed by atoms with Crippen LogP contribution in [0.2, 0.25) is 0 Å². The van der Waals surface area contributed by atoms with Crippen LogP contribution in [-0.4, -0.2) is 20.9 Å². The Bertz CT molecular complexity index is 469. The van der Waals surface area contributed by atoms with Crippen LogP contribution >= 0.6 is 0 Å². The molecule has 1 rings (SSSR count). The lowest BCUT2D eigenvalue weighted by Crippen LogP contribution is -2.36. The van der Waals surface area contributed by atoms with Gasteiger partial charge in [0.25, 0.3) is 10.0 Å². The number of nitrogens with one attached hydrogen (secondary N) is 1. The highest BCUT2D eigenvalue weighted by molar-refractivity contribution is 7.90. The highest BCUT2D eigenvalue weighted by Gasteiger charge is 2.13. The van der Waals surface area contributed by atoms with Gasteiger partial charge in [-0.05, 0) is 18.6 Å². The van der Waals surface area contributed by atoms with E-state index < -0.39 is 10.0 Å². The Morgan fingerprint density at radius 1 is 1.35 bits per heavy atom. The molecule has 0 heterocycles. The van der Waals surface area contributed by atoms with E-state index in [2.05, 4.69) is 9.71 Å². The molecule has 0 atom stereocenters. The molecule has 5 nitrogen and oxygen atoms in total. The third kappa shape index (κ3) is 4.44. The second-order valence-corrected chi connectivity index (χ2v) is 5.22. The number of hydrogen-bond acceptors (Lipinski definition) is 3. The van der Waals surface area contributed by atoms with E-state index in [-0.39, 0.29) is 10.9 Å². The van der Waals surface area contributed by atoms with Crippen LogP contribution in [0.3, 0.4) is 0 Å². The molecular weight excluding hydrogens is 238 g/mol. The van der Waals surface area contributed by atoms with E-state index >= 15 is 0 Å². The summed E-state index contributed by atoms with van der Waals surface area (Å²) in [5, 5.41) is 0. The predicted molar refractivity (Wildman–Crippen MR) is 68.2 cm³/mol. The van der Waals surface area contributed by atoms with Crippen LogP contribution in [-0.2, 0) is 10.0 Å². The van der Waals surface area contributed by atoms with Crippen molar-refractivity contribution in [2.24, 2.45) is 10.7 Å². The molecule has 3 N–H and O–H groups in total. The lowest BCUT2D eigenvalue weighted by molar-refractivity contribution is 0.592. The number of nitrogens with zero attached hydrogens (tertiary/aromatic N) is 1. The lowest BCUT2D eigenvalue weighted by Gasteiger charge is -2.06. The first-order chi connectivity index (χ1) is 8.06. The van der Waals surface area contributed by atoms with E-state index in [1.165, 1.54) is 12.1 Å². The summed E-state index contributed by atoms with van der Waals surface area (Å²) in [6, 6.07) is 8.05. The number of hydrogen-bond donors (Lipinski definition) is 2. The van der Waals surface area contributed by atoms with Gasteiger partial charge in [0, 0.05) is 6.54 Å². The SMILES string of the molecule is CCCCN=C(N)NS(=O)(=O)c1ccccc1. The summed E-state index contributed by atoms with van der Waals surface area (Å²) in [6.45, 7) is 2.56. The zero-order chi connectivity index (χ0) is 12.7. The van der Waals surface area contributed by atoms with E-state index in [0.29, 0.717) is 6.54 Å². The van der Waals surface area contributed by atoms with Gasteiger partial charge in [0.15, 0.2) is 0 Å². The zero-order valence-corrected chi connectivity index (χ0v) is 10.6. The van der Waals surface area contributed by atoms with Gasteiger partial charge in [-0.3, -0.25) is 4.99 Å². The smallest absolute Gasteiger partial charge is 0.264 e. The molecule has 17 heavy (non-hydrogen) atoms. The molecule has 94 valence electrons. The normalized spacial score (nSPS) is 12.4. The minimum absolute atomic E-state index is 0.0673. The van der Waals surface area contributed by atoms with Crippen LogP contribution < -0.4 is 10.5 Å². The van der Waals surface area contributed by atoms with Gasteiger partial charge in [-0.25, -0.2) is 13.1 Å². The summed E-state index contributed by atoms with van der Waals surface area (Å²) in [7, 11) is -3.60. The van der Waals surface area contributed by atoms with Gasteiger partial charge < -0.3 is 5.73 Å². The summed E-state index contributed by atoms with van der Waals surface area (Å²) >= 11 is 0. The maximum absolute atomic E-state index is 11.8. The highest BCUT2D eigenvalue weighted by Crippen LogP contribution is 2.06. The number of guanidine groups is 1. The first-order valence-corrected chi connectivity index (χ1v) is 6.92. The highest BCUT2D eigenvalue weighted by atomic mass is 32.2. The van der Waals surface area contributed by atoms with Crippen molar-refractivity contribution in [3.05, 3.63) is 30.3 Å². The molecule has 0 radical (unpaired) electrons. The first-order valence-electron chi connectivity index (χ1n) is 5.44. The molecule has 0 amide bonds. The molecule has 0 saturated carbocycles. The van der Waals surface area contributed by atoms with Crippen molar-refractivity contribution >= 4 is 16.0 Å². The molecular formula is C11H17N3O2S. The molecule has 0 aliphatic heterocycles. The number of rotatable bonds is 5. The average Bonchev–Trinajstić information content (AvgIpc) is 2.30. The van der Waals surface area contributed by atoms with Crippen molar-refractivity contribution in [2.75, 3.05) is 6.54 Å². The van der Waals surface area contributed by atoms with E-state index in [9.17, 15) is 8.42 Å². The Kier molecular flexibility index (Phi) is 4.96. The quantitative estimate of drug-likeness (QED) is 0.469. The van der Waals surface area contributed by atoms with Crippen LogP contribution in [0.25, 0.3) is 0 Å². The Hall–Kier alpha value is -1.56. The molecule has 1 aromatic rings.